The average Bonchev–Trinajstić information content (AvgIpc) is 3.16. The minimum absolute atomic E-state index is 0.131. The Kier molecular flexibility index (Phi) is 6.21. The van der Waals surface area contributed by atoms with Crippen LogP contribution >= 0.6 is 11.6 Å². The molecule has 1 atom stereocenters. The van der Waals surface area contributed by atoms with Gasteiger partial charge in [0.15, 0.2) is 23.0 Å². The van der Waals surface area contributed by atoms with Crippen molar-refractivity contribution in [3.8, 4) is 11.5 Å². The van der Waals surface area contributed by atoms with Crippen LogP contribution in [-0.4, -0.2) is 18.2 Å². The van der Waals surface area contributed by atoms with E-state index in [9.17, 15) is 4.79 Å². The number of nitrogens with one attached hydrogen (secondary N) is 1. The Morgan fingerprint density at radius 2 is 1.93 bits per heavy atom. The molecule has 3 rings (SSSR count). The van der Waals surface area contributed by atoms with Gasteiger partial charge in [0, 0.05) is 11.1 Å². The molecule has 1 heterocycles. The summed E-state index contributed by atoms with van der Waals surface area (Å²) >= 11 is 5.89. The molecular weight excluding hydrogens is 380 g/mol. The molecule has 2 aromatic carbocycles. The van der Waals surface area contributed by atoms with Gasteiger partial charge in [-0.1, -0.05) is 35.0 Å². The van der Waals surface area contributed by atoms with Crippen molar-refractivity contribution in [3.63, 3.8) is 0 Å². The fourth-order valence-electron chi connectivity index (χ4n) is 2.64. The number of halogens is 1. The van der Waals surface area contributed by atoms with E-state index in [1.54, 1.807) is 25.3 Å². The molecule has 0 saturated carbocycles. The molecule has 0 bridgehead atoms. The number of ether oxygens (including phenoxy) is 2. The number of aryl methyl sites for hydroxylation is 1. The Bertz CT molecular complexity index is 953. The molecule has 28 heavy (non-hydrogen) atoms. The van der Waals surface area contributed by atoms with Gasteiger partial charge in [0.2, 0.25) is 0 Å². The Balaban J connectivity index is 1.60. The predicted octanol–water partition coefficient (Wildman–Crippen LogP) is 4.72. The Morgan fingerprint density at radius 3 is 2.64 bits per heavy atom. The minimum Gasteiger partial charge on any atom is -0.493 e. The van der Waals surface area contributed by atoms with Gasteiger partial charge in [-0.2, -0.15) is 0 Å². The normalized spacial score (nSPS) is 11.7. The summed E-state index contributed by atoms with van der Waals surface area (Å²) in [6.07, 6.45) is 0. The lowest BCUT2D eigenvalue weighted by molar-refractivity contribution is 0.0930. The molecule has 1 amide bonds. The highest BCUT2D eigenvalue weighted by atomic mass is 35.5. The van der Waals surface area contributed by atoms with Gasteiger partial charge < -0.3 is 19.3 Å². The van der Waals surface area contributed by atoms with Crippen LogP contribution in [0.25, 0.3) is 0 Å². The van der Waals surface area contributed by atoms with E-state index < -0.39 is 0 Å². The third kappa shape index (κ3) is 4.84. The molecule has 0 aliphatic heterocycles. The number of benzene rings is 2. The van der Waals surface area contributed by atoms with E-state index in [0.29, 0.717) is 22.3 Å². The van der Waals surface area contributed by atoms with Crippen LogP contribution in [0.2, 0.25) is 5.02 Å². The van der Waals surface area contributed by atoms with Crippen molar-refractivity contribution in [2.75, 3.05) is 7.11 Å². The number of aromatic nitrogens is 1. The topological polar surface area (TPSA) is 73.6 Å². The first-order valence-corrected chi connectivity index (χ1v) is 9.13. The number of hydrogen-bond acceptors (Lipinski definition) is 5. The molecule has 6 nitrogen and oxygen atoms in total. The smallest absolute Gasteiger partial charge is 0.273 e. The maximum Gasteiger partial charge on any atom is 0.273 e. The fourth-order valence-corrected chi connectivity index (χ4v) is 2.76. The molecule has 3 aromatic rings. The summed E-state index contributed by atoms with van der Waals surface area (Å²) < 4.78 is 16.2. The average molecular weight is 401 g/mol. The lowest BCUT2D eigenvalue weighted by Crippen LogP contribution is -2.26. The summed E-state index contributed by atoms with van der Waals surface area (Å²) in [6, 6.07) is 14.3. The number of hydrogen-bond donors (Lipinski definition) is 1. The van der Waals surface area contributed by atoms with Crippen LogP contribution in [0.5, 0.6) is 11.5 Å². The number of carbonyl (C=O) groups is 1. The van der Waals surface area contributed by atoms with Crippen LogP contribution in [0.1, 0.15) is 40.3 Å². The molecule has 0 saturated heterocycles. The van der Waals surface area contributed by atoms with E-state index in [2.05, 4.69) is 10.5 Å². The first-order valence-electron chi connectivity index (χ1n) is 8.75. The van der Waals surface area contributed by atoms with Crippen LogP contribution < -0.4 is 14.8 Å². The van der Waals surface area contributed by atoms with Crippen molar-refractivity contribution >= 4 is 17.5 Å². The second-order valence-electron chi connectivity index (χ2n) is 6.37. The van der Waals surface area contributed by atoms with Gasteiger partial charge in [-0.15, -0.1) is 0 Å². The van der Waals surface area contributed by atoms with Crippen molar-refractivity contribution in [3.05, 3.63) is 76.1 Å². The van der Waals surface area contributed by atoms with E-state index in [1.807, 2.05) is 44.2 Å². The monoisotopic (exact) mass is 400 g/mol. The van der Waals surface area contributed by atoms with E-state index in [4.69, 9.17) is 25.6 Å². The van der Waals surface area contributed by atoms with Gasteiger partial charge >= 0.3 is 0 Å². The Labute approximate surface area is 168 Å². The van der Waals surface area contributed by atoms with E-state index >= 15 is 0 Å². The lowest BCUT2D eigenvalue weighted by Gasteiger charge is -2.13. The molecule has 0 spiro atoms. The van der Waals surface area contributed by atoms with Gasteiger partial charge in [-0.25, -0.2) is 0 Å². The summed E-state index contributed by atoms with van der Waals surface area (Å²) in [5.74, 6) is 1.33. The summed E-state index contributed by atoms with van der Waals surface area (Å²) in [6.45, 7) is 3.99. The molecule has 0 aliphatic rings. The molecule has 1 N–H and O–H groups in total. The summed E-state index contributed by atoms with van der Waals surface area (Å²) in [5.41, 5.74) is 2.20. The van der Waals surface area contributed by atoms with Gasteiger partial charge in [0.1, 0.15) is 6.61 Å². The molecule has 1 aromatic heterocycles. The van der Waals surface area contributed by atoms with Crippen LogP contribution in [0.15, 0.2) is 53.1 Å². The standard InChI is InChI=1S/C21H21ClN2O4/c1-13-4-9-19(20(10-13)26-3)27-12-17-11-18(24-28-17)21(25)23-14(2)15-5-7-16(22)8-6-15/h4-11,14H,12H2,1-3H3,(H,23,25)/t14-/m1/s1. The maximum atomic E-state index is 12.4. The molecule has 146 valence electrons. The largest absolute Gasteiger partial charge is 0.493 e. The van der Waals surface area contributed by atoms with Crippen molar-refractivity contribution < 1.29 is 18.8 Å². The Hall–Kier alpha value is -2.99. The number of carbonyl (C=O) groups excluding carboxylic acids is 1. The molecular formula is C21H21ClN2O4. The molecule has 7 heteroatoms. The van der Waals surface area contributed by atoms with Crippen LogP contribution in [0, 0.1) is 6.92 Å². The third-order valence-electron chi connectivity index (χ3n) is 4.20. The molecule has 0 unspecified atom stereocenters. The number of rotatable bonds is 7. The van der Waals surface area contributed by atoms with Crippen LogP contribution in [-0.2, 0) is 6.61 Å². The van der Waals surface area contributed by atoms with Crippen LogP contribution in [0.3, 0.4) is 0 Å². The van der Waals surface area contributed by atoms with Crippen LogP contribution in [0.4, 0.5) is 0 Å². The highest BCUT2D eigenvalue weighted by Gasteiger charge is 2.16. The quantitative estimate of drug-likeness (QED) is 0.621. The van der Waals surface area contributed by atoms with E-state index in [1.165, 1.54) is 0 Å². The number of amides is 1. The summed E-state index contributed by atoms with van der Waals surface area (Å²) in [7, 11) is 1.58. The first kappa shape index (κ1) is 19.8. The van der Waals surface area contributed by atoms with E-state index in [-0.39, 0.29) is 24.2 Å². The second kappa shape index (κ2) is 8.80. The number of methoxy groups -OCH3 is 1. The number of nitrogens with zero attached hydrogens (tertiary/aromatic N) is 1. The molecule has 0 fully saturated rings. The zero-order valence-electron chi connectivity index (χ0n) is 15.9. The van der Waals surface area contributed by atoms with Crippen molar-refractivity contribution in [2.24, 2.45) is 0 Å². The zero-order chi connectivity index (χ0) is 20.1. The SMILES string of the molecule is COc1cc(C)ccc1OCc1cc(C(=O)N[C@H](C)c2ccc(Cl)cc2)no1. The maximum absolute atomic E-state index is 12.4. The van der Waals surface area contributed by atoms with Gasteiger partial charge in [-0.05, 0) is 49.2 Å². The third-order valence-corrected chi connectivity index (χ3v) is 4.45. The van der Waals surface area contributed by atoms with E-state index in [0.717, 1.165) is 11.1 Å². The first-order chi connectivity index (χ1) is 13.5. The highest BCUT2D eigenvalue weighted by molar-refractivity contribution is 6.30. The predicted molar refractivity (Wildman–Crippen MR) is 106 cm³/mol. The second-order valence-corrected chi connectivity index (χ2v) is 6.80. The van der Waals surface area contributed by atoms with Crippen molar-refractivity contribution in [1.29, 1.82) is 0 Å². The van der Waals surface area contributed by atoms with Gasteiger partial charge in [0.25, 0.3) is 5.91 Å². The summed E-state index contributed by atoms with van der Waals surface area (Å²) in [5, 5.41) is 7.35. The highest BCUT2D eigenvalue weighted by Crippen LogP contribution is 2.28. The van der Waals surface area contributed by atoms with Gasteiger partial charge in [0.05, 0.1) is 13.2 Å². The zero-order valence-corrected chi connectivity index (χ0v) is 16.6. The lowest BCUT2D eigenvalue weighted by atomic mass is 10.1. The molecule has 0 radical (unpaired) electrons. The van der Waals surface area contributed by atoms with Crippen molar-refractivity contribution in [2.45, 2.75) is 26.5 Å². The minimum atomic E-state index is -0.328. The molecule has 0 aliphatic carbocycles. The summed E-state index contributed by atoms with van der Waals surface area (Å²) in [4.78, 5) is 12.4. The van der Waals surface area contributed by atoms with Crippen molar-refractivity contribution in [1.82, 2.24) is 10.5 Å². The fraction of sp³-hybridized carbons (Fsp3) is 0.238. The van der Waals surface area contributed by atoms with Gasteiger partial charge in [-0.3, -0.25) is 4.79 Å². The Morgan fingerprint density at radius 1 is 1.18 bits per heavy atom.